The summed E-state index contributed by atoms with van der Waals surface area (Å²) >= 11 is 0. The van der Waals surface area contributed by atoms with Gasteiger partial charge in [-0.15, -0.1) is 0 Å². The first-order chi connectivity index (χ1) is 8.88. The number of nitrogens with one attached hydrogen (secondary N) is 1. The van der Waals surface area contributed by atoms with Crippen molar-refractivity contribution in [2.75, 3.05) is 13.7 Å². The molecule has 0 saturated carbocycles. The third-order valence-electron chi connectivity index (χ3n) is 3.26. The lowest BCUT2D eigenvalue weighted by Gasteiger charge is -2.08. The van der Waals surface area contributed by atoms with E-state index in [-0.39, 0.29) is 0 Å². The van der Waals surface area contributed by atoms with Crippen LogP contribution in [0.15, 0.2) is 29.3 Å². The monoisotopic (exact) mass is 246 g/mol. The standard InChI is InChI=1S/C15H22N2O/c1-18-14-10-8-13(9-11-14)17-15-7-5-3-2-4-6-12-16-15/h8-11H,2-7,12H2,1H3,(H,16,17). The Kier molecular flexibility index (Phi) is 5.06. The lowest BCUT2D eigenvalue weighted by Crippen LogP contribution is -2.23. The molecule has 3 nitrogen and oxygen atoms in total. The number of ether oxygens (including phenoxy) is 1. The number of amidine groups is 1. The SMILES string of the molecule is COc1ccc(N=C2CCCCCCCN2)cc1. The molecule has 1 aliphatic heterocycles. The van der Waals surface area contributed by atoms with Crippen molar-refractivity contribution in [3.05, 3.63) is 24.3 Å². The molecule has 0 bridgehead atoms. The van der Waals surface area contributed by atoms with Crippen molar-refractivity contribution in [3.8, 4) is 5.75 Å². The molecule has 1 aromatic carbocycles. The number of benzene rings is 1. The van der Waals surface area contributed by atoms with Gasteiger partial charge in [0.25, 0.3) is 0 Å². The van der Waals surface area contributed by atoms with Gasteiger partial charge in [0.1, 0.15) is 11.6 Å². The zero-order chi connectivity index (χ0) is 12.6. The van der Waals surface area contributed by atoms with Crippen LogP contribution in [0.5, 0.6) is 5.75 Å². The van der Waals surface area contributed by atoms with Crippen molar-refractivity contribution in [2.45, 2.75) is 38.5 Å². The van der Waals surface area contributed by atoms with E-state index in [1.54, 1.807) is 7.11 Å². The first kappa shape index (κ1) is 12.9. The Morgan fingerprint density at radius 2 is 1.72 bits per heavy atom. The first-order valence-corrected chi connectivity index (χ1v) is 6.84. The van der Waals surface area contributed by atoms with Gasteiger partial charge in [-0.05, 0) is 37.1 Å². The van der Waals surface area contributed by atoms with Crippen molar-refractivity contribution < 1.29 is 4.74 Å². The van der Waals surface area contributed by atoms with E-state index in [9.17, 15) is 0 Å². The Hall–Kier alpha value is -1.51. The summed E-state index contributed by atoms with van der Waals surface area (Å²) in [4.78, 5) is 4.69. The van der Waals surface area contributed by atoms with Gasteiger partial charge in [0.05, 0.1) is 12.8 Å². The van der Waals surface area contributed by atoms with Crippen molar-refractivity contribution in [2.24, 2.45) is 4.99 Å². The van der Waals surface area contributed by atoms with E-state index in [1.807, 2.05) is 24.3 Å². The molecule has 98 valence electrons. The minimum Gasteiger partial charge on any atom is -0.497 e. The summed E-state index contributed by atoms with van der Waals surface area (Å²) in [6.45, 7) is 1.05. The van der Waals surface area contributed by atoms with Gasteiger partial charge in [-0.3, -0.25) is 0 Å². The van der Waals surface area contributed by atoms with Crippen molar-refractivity contribution in [1.29, 1.82) is 0 Å². The number of nitrogens with zero attached hydrogens (tertiary/aromatic N) is 1. The van der Waals surface area contributed by atoms with Crippen LogP contribution in [-0.2, 0) is 0 Å². The highest BCUT2D eigenvalue weighted by Crippen LogP contribution is 2.18. The fourth-order valence-electron chi connectivity index (χ4n) is 2.18. The molecule has 0 amide bonds. The molecule has 1 fully saturated rings. The summed E-state index contributed by atoms with van der Waals surface area (Å²) in [6.07, 6.45) is 7.57. The van der Waals surface area contributed by atoms with Crippen molar-refractivity contribution in [3.63, 3.8) is 0 Å². The molecule has 0 radical (unpaired) electrons. The van der Waals surface area contributed by atoms with Crippen LogP contribution in [-0.4, -0.2) is 19.5 Å². The average molecular weight is 246 g/mol. The fourth-order valence-corrected chi connectivity index (χ4v) is 2.18. The lowest BCUT2D eigenvalue weighted by molar-refractivity contribution is 0.415. The molecule has 18 heavy (non-hydrogen) atoms. The van der Waals surface area contributed by atoms with E-state index in [2.05, 4.69) is 10.3 Å². The van der Waals surface area contributed by atoms with E-state index in [0.29, 0.717) is 0 Å². The van der Waals surface area contributed by atoms with E-state index in [1.165, 1.54) is 32.1 Å². The summed E-state index contributed by atoms with van der Waals surface area (Å²) in [6, 6.07) is 7.91. The molecule has 0 spiro atoms. The first-order valence-electron chi connectivity index (χ1n) is 6.84. The van der Waals surface area contributed by atoms with Gasteiger partial charge in [0, 0.05) is 13.0 Å². The van der Waals surface area contributed by atoms with Crippen LogP contribution >= 0.6 is 0 Å². The van der Waals surface area contributed by atoms with E-state index >= 15 is 0 Å². The molecule has 1 aromatic rings. The highest BCUT2D eigenvalue weighted by atomic mass is 16.5. The molecule has 1 N–H and O–H groups in total. The minimum absolute atomic E-state index is 0.876. The highest BCUT2D eigenvalue weighted by molar-refractivity contribution is 5.84. The summed E-state index contributed by atoms with van der Waals surface area (Å²) in [5.74, 6) is 2.00. The highest BCUT2D eigenvalue weighted by Gasteiger charge is 2.03. The molecule has 0 unspecified atom stereocenters. The molecule has 0 aliphatic carbocycles. The minimum atomic E-state index is 0.876. The van der Waals surface area contributed by atoms with Gasteiger partial charge >= 0.3 is 0 Å². The molecular formula is C15H22N2O. The maximum absolute atomic E-state index is 5.15. The van der Waals surface area contributed by atoms with Gasteiger partial charge < -0.3 is 10.1 Å². The summed E-state index contributed by atoms with van der Waals surface area (Å²) in [5.41, 5.74) is 0.998. The van der Waals surface area contributed by atoms with Gasteiger partial charge in [-0.25, -0.2) is 4.99 Å². The van der Waals surface area contributed by atoms with Crippen LogP contribution in [0.1, 0.15) is 38.5 Å². The van der Waals surface area contributed by atoms with Crippen LogP contribution in [0.3, 0.4) is 0 Å². The maximum Gasteiger partial charge on any atom is 0.119 e. The molecule has 0 atom stereocenters. The predicted molar refractivity (Wildman–Crippen MR) is 75.8 cm³/mol. The van der Waals surface area contributed by atoms with Gasteiger partial charge in [0.15, 0.2) is 0 Å². The number of methoxy groups -OCH3 is 1. The molecule has 2 rings (SSSR count). The largest absolute Gasteiger partial charge is 0.497 e. The van der Waals surface area contributed by atoms with E-state index in [0.717, 1.165) is 30.2 Å². The summed E-state index contributed by atoms with van der Waals surface area (Å²) in [7, 11) is 1.68. The second-order valence-corrected chi connectivity index (χ2v) is 4.70. The molecule has 0 aromatic heterocycles. The fraction of sp³-hybridized carbons (Fsp3) is 0.533. The van der Waals surface area contributed by atoms with Crippen LogP contribution in [0.4, 0.5) is 5.69 Å². The predicted octanol–water partition coefficient (Wildman–Crippen LogP) is 3.67. The average Bonchev–Trinajstić information content (AvgIpc) is 2.54. The van der Waals surface area contributed by atoms with Gasteiger partial charge in [-0.1, -0.05) is 19.3 Å². The molecular weight excluding hydrogens is 224 g/mol. The zero-order valence-corrected chi connectivity index (χ0v) is 11.1. The van der Waals surface area contributed by atoms with Crippen LogP contribution in [0, 0.1) is 0 Å². The Labute approximate surface area is 109 Å². The topological polar surface area (TPSA) is 33.6 Å². The molecule has 1 heterocycles. The van der Waals surface area contributed by atoms with E-state index < -0.39 is 0 Å². The molecule has 3 heteroatoms. The smallest absolute Gasteiger partial charge is 0.119 e. The lowest BCUT2D eigenvalue weighted by atomic mass is 10.1. The zero-order valence-electron chi connectivity index (χ0n) is 11.1. The Balaban J connectivity index is 2.03. The Morgan fingerprint density at radius 3 is 2.50 bits per heavy atom. The van der Waals surface area contributed by atoms with Crippen LogP contribution in [0.2, 0.25) is 0 Å². The maximum atomic E-state index is 5.15. The summed E-state index contributed by atoms with van der Waals surface area (Å²) in [5, 5.41) is 3.46. The molecule has 1 aliphatic rings. The third kappa shape index (κ3) is 4.06. The Bertz CT molecular complexity index is 372. The third-order valence-corrected chi connectivity index (χ3v) is 3.26. The van der Waals surface area contributed by atoms with Crippen molar-refractivity contribution >= 4 is 11.5 Å². The van der Waals surface area contributed by atoms with Crippen LogP contribution < -0.4 is 10.1 Å². The van der Waals surface area contributed by atoms with Crippen molar-refractivity contribution in [1.82, 2.24) is 5.32 Å². The number of hydrogen-bond donors (Lipinski definition) is 1. The number of rotatable bonds is 2. The normalized spacial score (nSPS) is 19.5. The van der Waals surface area contributed by atoms with Gasteiger partial charge in [0.2, 0.25) is 0 Å². The second kappa shape index (κ2) is 7.04. The van der Waals surface area contributed by atoms with Gasteiger partial charge in [-0.2, -0.15) is 0 Å². The van der Waals surface area contributed by atoms with E-state index in [4.69, 9.17) is 4.74 Å². The summed E-state index contributed by atoms with van der Waals surface area (Å²) < 4.78 is 5.15. The van der Waals surface area contributed by atoms with Crippen LogP contribution in [0.25, 0.3) is 0 Å². The molecule has 1 saturated heterocycles. The quantitative estimate of drug-likeness (QED) is 0.863. The second-order valence-electron chi connectivity index (χ2n) is 4.70. The number of hydrogen-bond acceptors (Lipinski definition) is 2. The Morgan fingerprint density at radius 1 is 1.00 bits per heavy atom. The number of aliphatic imine (C=N–C) groups is 1.